The van der Waals surface area contributed by atoms with Gasteiger partial charge in [0.2, 0.25) is 0 Å². The third-order valence-corrected chi connectivity index (χ3v) is 3.36. The molecule has 100 valence electrons. The molecule has 0 fully saturated rings. The fourth-order valence-electron chi connectivity index (χ4n) is 2.22. The Morgan fingerprint density at radius 2 is 1.84 bits per heavy atom. The summed E-state index contributed by atoms with van der Waals surface area (Å²) >= 11 is 0. The third kappa shape index (κ3) is 3.40. The summed E-state index contributed by atoms with van der Waals surface area (Å²) in [5, 5.41) is 0. The van der Waals surface area contributed by atoms with Crippen molar-refractivity contribution in [2.45, 2.75) is 25.8 Å². The van der Waals surface area contributed by atoms with Crippen LogP contribution in [0, 0.1) is 12.7 Å². The van der Waals surface area contributed by atoms with Crippen LogP contribution in [0.2, 0.25) is 0 Å². The molecule has 19 heavy (non-hydrogen) atoms. The Kier molecular flexibility index (Phi) is 4.66. The second kappa shape index (κ2) is 6.45. The lowest BCUT2D eigenvalue weighted by Crippen LogP contribution is -2.29. The Labute approximate surface area is 113 Å². The van der Waals surface area contributed by atoms with Gasteiger partial charge in [-0.05, 0) is 30.9 Å². The van der Waals surface area contributed by atoms with Crippen molar-refractivity contribution < 1.29 is 4.39 Å². The van der Waals surface area contributed by atoms with Crippen molar-refractivity contribution in [3.8, 4) is 0 Å². The van der Waals surface area contributed by atoms with E-state index in [0.29, 0.717) is 11.1 Å². The first-order valence-corrected chi connectivity index (χ1v) is 6.47. The van der Waals surface area contributed by atoms with Crippen LogP contribution in [0.4, 0.5) is 4.39 Å². The van der Waals surface area contributed by atoms with E-state index in [1.54, 1.807) is 19.1 Å². The van der Waals surface area contributed by atoms with Crippen LogP contribution in [0.1, 0.15) is 29.2 Å². The minimum Gasteiger partial charge on any atom is -0.271 e. The topological polar surface area (TPSA) is 38.0 Å². The van der Waals surface area contributed by atoms with Crippen molar-refractivity contribution in [3.05, 3.63) is 71.0 Å². The molecule has 0 aliphatic heterocycles. The molecule has 0 aliphatic rings. The first-order chi connectivity index (χ1) is 9.22. The van der Waals surface area contributed by atoms with Crippen LogP contribution >= 0.6 is 0 Å². The molecule has 0 aromatic heterocycles. The van der Waals surface area contributed by atoms with E-state index >= 15 is 0 Å². The monoisotopic (exact) mass is 258 g/mol. The highest BCUT2D eigenvalue weighted by atomic mass is 19.1. The summed E-state index contributed by atoms with van der Waals surface area (Å²) in [6.45, 7) is 1.77. The van der Waals surface area contributed by atoms with E-state index < -0.39 is 0 Å². The van der Waals surface area contributed by atoms with E-state index in [2.05, 4.69) is 17.6 Å². The standard InChI is InChI=1S/C16H19FN2/c1-12-6-5-9-14(16(12)17)15(19-18)11-10-13-7-3-2-4-8-13/h2-9,15,19H,10-11,18H2,1H3. The molecule has 1 atom stereocenters. The molecule has 0 heterocycles. The Balaban J connectivity index is 2.10. The molecule has 0 saturated carbocycles. The lowest BCUT2D eigenvalue weighted by Gasteiger charge is -2.18. The number of rotatable bonds is 5. The molecule has 2 aromatic carbocycles. The number of nitrogens with two attached hydrogens (primary N) is 1. The molecular formula is C16H19FN2. The van der Waals surface area contributed by atoms with E-state index in [1.807, 2.05) is 24.3 Å². The average Bonchev–Trinajstić information content (AvgIpc) is 2.45. The molecule has 0 amide bonds. The maximum atomic E-state index is 14.1. The Hall–Kier alpha value is -1.71. The first kappa shape index (κ1) is 13.7. The highest BCUT2D eigenvalue weighted by molar-refractivity contribution is 5.28. The number of halogens is 1. The molecular weight excluding hydrogens is 239 g/mol. The molecule has 0 radical (unpaired) electrons. The zero-order valence-corrected chi connectivity index (χ0v) is 11.1. The van der Waals surface area contributed by atoms with Gasteiger partial charge in [0.25, 0.3) is 0 Å². The molecule has 1 unspecified atom stereocenters. The van der Waals surface area contributed by atoms with Gasteiger partial charge in [-0.15, -0.1) is 0 Å². The van der Waals surface area contributed by atoms with Gasteiger partial charge in [-0.1, -0.05) is 48.5 Å². The lowest BCUT2D eigenvalue weighted by molar-refractivity contribution is 0.483. The molecule has 0 bridgehead atoms. The van der Waals surface area contributed by atoms with Crippen molar-refractivity contribution in [1.29, 1.82) is 0 Å². The number of aryl methyl sites for hydroxylation is 2. The number of hydrazine groups is 1. The summed E-state index contributed by atoms with van der Waals surface area (Å²) in [6.07, 6.45) is 1.63. The fourth-order valence-corrected chi connectivity index (χ4v) is 2.22. The van der Waals surface area contributed by atoms with Gasteiger partial charge in [0.15, 0.2) is 0 Å². The number of hydrogen-bond donors (Lipinski definition) is 2. The lowest BCUT2D eigenvalue weighted by atomic mass is 9.97. The minimum absolute atomic E-state index is 0.167. The summed E-state index contributed by atoms with van der Waals surface area (Å²) in [5.41, 5.74) is 5.24. The van der Waals surface area contributed by atoms with Gasteiger partial charge >= 0.3 is 0 Å². The second-order valence-corrected chi connectivity index (χ2v) is 4.72. The van der Waals surface area contributed by atoms with Gasteiger partial charge in [-0.25, -0.2) is 4.39 Å². The van der Waals surface area contributed by atoms with Crippen molar-refractivity contribution in [1.82, 2.24) is 5.43 Å². The Morgan fingerprint density at radius 1 is 1.11 bits per heavy atom. The summed E-state index contributed by atoms with van der Waals surface area (Å²) in [7, 11) is 0. The van der Waals surface area contributed by atoms with Crippen LogP contribution in [0.25, 0.3) is 0 Å². The minimum atomic E-state index is -0.168. The highest BCUT2D eigenvalue weighted by Gasteiger charge is 2.15. The number of benzene rings is 2. The smallest absolute Gasteiger partial charge is 0.130 e. The van der Waals surface area contributed by atoms with E-state index in [1.165, 1.54) is 5.56 Å². The van der Waals surface area contributed by atoms with Crippen molar-refractivity contribution in [3.63, 3.8) is 0 Å². The van der Waals surface area contributed by atoms with Crippen LogP contribution in [0.15, 0.2) is 48.5 Å². The van der Waals surface area contributed by atoms with Gasteiger partial charge in [0.05, 0.1) is 0 Å². The molecule has 3 N–H and O–H groups in total. The molecule has 2 nitrogen and oxygen atoms in total. The predicted octanol–water partition coefficient (Wildman–Crippen LogP) is 3.27. The maximum absolute atomic E-state index is 14.1. The third-order valence-electron chi connectivity index (χ3n) is 3.36. The molecule has 0 spiro atoms. The van der Waals surface area contributed by atoms with E-state index in [9.17, 15) is 4.39 Å². The fraction of sp³-hybridized carbons (Fsp3) is 0.250. The SMILES string of the molecule is Cc1cccc(C(CCc2ccccc2)NN)c1F. The summed E-state index contributed by atoms with van der Waals surface area (Å²) < 4.78 is 14.1. The van der Waals surface area contributed by atoms with Gasteiger partial charge in [0, 0.05) is 11.6 Å². The zero-order chi connectivity index (χ0) is 13.7. The molecule has 3 heteroatoms. The van der Waals surface area contributed by atoms with Crippen LogP contribution in [0.3, 0.4) is 0 Å². The first-order valence-electron chi connectivity index (χ1n) is 6.47. The summed E-state index contributed by atoms with van der Waals surface area (Å²) in [6, 6.07) is 15.4. The molecule has 0 aliphatic carbocycles. The quantitative estimate of drug-likeness (QED) is 0.638. The number of nitrogens with one attached hydrogen (secondary N) is 1. The van der Waals surface area contributed by atoms with E-state index in [4.69, 9.17) is 5.84 Å². The summed E-state index contributed by atoms with van der Waals surface area (Å²) in [5.74, 6) is 5.40. The zero-order valence-electron chi connectivity index (χ0n) is 11.1. The number of hydrogen-bond acceptors (Lipinski definition) is 2. The summed E-state index contributed by atoms with van der Waals surface area (Å²) in [4.78, 5) is 0. The Morgan fingerprint density at radius 3 is 2.53 bits per heavy atom. The van der Waals surface area contributed by atoms with Crippen molar-refractivity contribution in [2.75, 3.05) is 0 Å². The normalized spacial score (nSPS) is 12.4. The van der Waals surface area contributed by atoms with Crippen LogP contribution in [0.5, 0.6) is 0 Å². The molecule has 2 aromatic rings. The van der Waals surface area contributed by atoms with Gasteiger partial charge in [-0.3, -0.25) is 11.3 Å². The van der Waals surface area contributed by atoms with Gasteiger partial charge < -0.3 is 0 Å². The van der Waals surface area contributed by atoms with E-state index in [-0.39, 0.29) is 11.9 Å². The average molecular weight is 258 g/mol. The molecule has 0 saturated heterocycles. The predicted molar refractivity (Wildman–Crippen MR) is 76.0 cm³/mol. The highest BCUT2D eigenvalue weighted by Crippen LogP contribution is 2.23. The van der Waals surface area contributed by atoms with Gasteiger partial charge in [-0.2, -0.15) is 0 Å². The van der Waals surface area contributed by atoms with Crippen LogP contribution in [-0.2, 0) is 6.42 Å². The maximum Gasteiger partial charge on any atom is 0.130 e. The van der Waals surface area contributed by atoms with Crippen LogP contribution in [-0.4, -0.2) is 0 Å². The Bertz CT molecular complexity index is 526. The van der Waals surface area contributed by atoms with E-state index in [0.717, 1.165) is 12.8 Å². The largest absolute Gasteiger partial charge is 0.271 e. The molecule has 2 rings (SSSR count). The second-order valence-electron chi connectivity index (χ2n) is 4.72. The van der Waals surface area contributed by atoms with Crippen molar-refractivity contribution in [2.24, 2.45) is 5.84 Å². The van der Waals surface area contributed by atoms with Gasteiger partial charge in [0.1, 0.15) is 5.82 Å². The van der Waals surface area contributed by atoms with Crippen LogP contribution < -0.4 is 11.3 Å². The van der Waals surface area contributed by atoms with Crippen molar-refractivity contribution >= 4 is 0 Å².